The summed E-state index contributed by atoms with van der Waals surface area (Å²) < 4.78 is 18.6. The Hall–Kier alpha value is -4.05. The SMILES string of the molecule is CCOc1ccc(NC(=O)Cn2c(=O)n(-c3cc(OC)cc(OC)c3)c(=O)c3sccc32)cc1. The van der Waals surface area contributed by atoms with E-state index in [1.165, 1.54) is 30.1 Å². The van der Waals surface area contributed by atoms with Crippen LogP contribution in [0.1, 0.15) is 6.92 Å². The van der Waals surface area contributed by atoms with Crippen LogP contribution in [0.15, 0.2) is 63.5 Å². The number of hydrogen-bond acceptors (Lipinski definition) is 7. The Kier molecular flexibility index (Phi) is 6.69. The van der Waals surface area contributed by atoms with Gasteiger partial charge in [-0.25, -0.2) is 9.36 Å². The Balaban J connectivity index is 1.74. The van der Waals surface area contributed by atoms with Crippen LogP contribution in [0.2, 0.25) is 0 Å². The van der Waals surface area contributed by atoms with E-state index in [4.69, 9.17) is 14.2 Å². The van der Waals surface area contributed by atoms with Gasteiger partial charge >= 0.3 is 5.69 Å². The van der Waals surface area contributed by atoms with E-state index in [1.54, 1.807) is 53.9 Å². The van der Waals surface area contributed by atoms with Gasteiger partial charge in [0.05, 0.1) is 32.0 Å². The van der Waals surface area contributed by atoms with E-state index in [2.05, 4.69) is 5.32 Å². The van der Waals surface area contributed by atoms with Crippen LogP contribution in [0.4, 0.5) is 5.69 Å². The Morgan fingerprint density at radius 1 is 0.971 bits per heavy atom. The minimum Gasteiger partial charge on any atom is -0.497 e. The molecule has 9 nitrogen and oxygen atoms in total. The van der Waals surface area contributed by atoms with Crippen molar-refractivity contribution in [2.45, 2.75) is 13.5 Å². The lowest BCUT2D eigenvalue weighted by atomic mass is 10.2. The van der Waals surface area contributed by atoms with Gasteiger partial charge in [0, 0.05) is 23.9 Å². The molecule has 176 valence electrons. The molecule has 4 rings (SSSR count). The van der Waals surface area contributed by atoms with Crippen molar-refractivity contribution in [2.24, 2.45) is 0 Å². The van der Waals surface area contributed by atoms with Crippen LogP contribution >= 0.6 is 11.3 Å². The lowest BCUT2D eigenvalue weighted by Crippen LogP contribution is -2.40. The van der Waals surface area contributed by atoms with Gasteiger partial charge in [0.2, 0.25) is 5.91 Å². The summed E-state index contributed by atoms with van der Waals surface area (Å²) in [5.74, 6) is 1.13. The maximum Gasteiger partial charge on any atom is 0.336 e. The van der Waals surface area contributed by atoms with E-state index in [0.29, 0.717) is 39.8 Å². The third kappa shape index (κ3) is 4.53. The predicted octanol–water partition coefficient (Wildman–Crippen LogP) is 3.27. The van der Waals surface area contributed by atoms with E-state index >= 15 is 0 Å². The highest BCUT2D eigenvalue weighted by atomic mass is 32.1. The second-order valence-corrected chi connectivity index (χ2v) is 8.14. The first kappa shape index (κ1) is 23.1. The van der Waals surface area contributed by atoms with Crippen LogP contribution in [-0.4, -0.2) is 35.9 Å². The molecule has 2 aromatic carbocycles. The number of thiophene rings is 1. The van der Waals surface area contributed by atoms with E-state index in [1.807, 2.05) is 6.92 Å². The third-order valence-corrected chi connectivity index (χ3v) is 5.99. The number of benzene rings is 2. The first-order valence-electron chi connectivity index (χ1n) is 10.4. The Labute approximate surface area is 198 Å². The van der Waals surface area contributed by atoms with Crippen molar-refractivity contribution >= 4 is 33.1 Å². The number of aromatic nitrogens is 2. The summed E-state index contributed by atoms with van der Waals surface area (Å²) >= 11 is 1.20. The molecule has 34 heavy (non-hydrogen) atoms. The number of anilines is 1. The number of nitrogens with zero attached hydrogens (tertiary/aromatic N) is 2. The van der Waals surface area contributed by atoms with Crippen LogP contribution in [0.25, 0.3) is 15.9 Å². The molecular formula is C24H23N3O6S. The van der Waals surface area contributed by atoms with Gasteiger partial charge in [-0.05, 0) is 42.6 Å². The highest BCUT2D eigenvalue weighted by Crippen LogP contribution is 2.25. The molecule has 10 heteroatoms. The molecule has 2 heterocycles. The topological polar surface area (TPSA) is 101 Å². The number of carbonyl (C=O) groups excluding carboxylic acids is 1. The molecule has 0 fully saturated rings. The lowest BCUT2D eigenvalue weighted by Gasteiger charge is -2.14. The molecule has 0 radical (unpaired) electrons. The Bertz CT molecular complexity index is 1430. The average molecular weight is 482 g/mol. The molecule has 0 aliphatic carbocycles. The van der Waals surface area contributed by atoms with Crippen molar-refractivity contribution in [1.82, 2.24) is 9.13 Å². The summed E-state index contributed by atoms with van der Waals surface area (Å²) in [6.45, 7) is 2.15. The highest BCUT2D eigenvalue weighted by molar-refractivity contribution is 7.17. The number of fused-ring (bicyclic) bond motifs is 1. The van der Waals surface area contributed by atoms with Crippen molar-refractivity contribution in [1.29, 1.82) is 0 Å². The molecule has 4 aromatic rings. The van der Waals surface area contributed by atoms with Crippen LogP contribution in [0.3, 0.4) is 0 Å². The smallest absolute Gasteiger partial charge is 0.336 e. The maximum absolute atomic E-state index is 13.5. The van der Waals surface area contributed by atoms with Crippen molar-refractivity contribution in [2.75, 3.05) is 26.1 Å². The fourth-order valence-corrected chi connectivity index (χ4v) is 4.36. The highest BCUT2D eigenvalue weighted by Gasteiger charge is 2.19. The normalized spacial score (nSPS) is 10.8. The minimum absolute atomic E-state index is 0.277. The van der Waals surface area contributed by atoms with Gasteiger partial charge in [0.1, 0.15) is 28.5 Å². The fourth-order valence-electron chi connectivity index (χ4n) is 3.53. The van der Waals surface area contributed by atoms with Crippen LogP contribution < -0.4 is 30.8 Å². The molecule has 0 saturated heterocycles. The molecule has 0 saturated carbocycles. The minimum atomic E-state index is -0.645. The first-order chi connectivity index (χ1) is 16.4. The summed E-state index contributed by atoms with van der Waals surface area (Å²) in [5, 5.41) is 4.49. The molecule has 1 N–H and O–H groups in total. The average Bonchev–Trinajstić information content (AvgIpc) is 3.33. The number of hydrogen-bond donors (Lipinski definition) is 1. The van der Waals surface area contributed by atoms with Crippen molar-refractivity contribution in [3.63, 3.8) is 0 Å². The Morgan fingerprint density at radius 2 is 1.65 bits per heavy atom. The van der Waals surface area contributed by atoms with Crippen LogP contribution in [-0.2, 0) is 11.3 Å². The van der Waals surface area contributed by atoms with Crippen molar-refractivity contribution < 1.29 is 19.0 Å². The van der Waals surface area contributed by atoms with Gasteiger partial charge < -0.3 is 19.5 Å². The number of amides is 1. The summed E-state index contributed by atoms with van der Waals surface area (Å²) in [7, 11) is 2.96. The van der Waals surface area contributed by atoms with Gasteiger partial charge in [-0.2, -0.15) is 0 Å². The molecule has 0 aliphatic rings. The molecule has 0 unspecified atom stereocenters. The second kappa shape index (κ2) is 9.84. The molecule has 2 aromatic heterocycles. The van der Waals surface area contributed by atoms with E-state index in [0.717, 1.165) is 4.57 Å². The lowest BCUT2D eigenvalue weighted by molar-refractivity contribution is -0.116. The zero-order chi connectivity index (χ0) is 24.2. The monoisotopic (exact) mass is 481 g/mol. The maximum atomic E-state index is 13.5. The number of ether oxygens (including phenoxy) is 3. The zero-order valence-electron chi connectivity index (χ0n) is 18.9. The largest absolute Gasteiger partial charge is 0.497 e. The van der Waals surface area contributed by atoms with Gasteiger partial charge in [-0.1, -0.05) is 0 Å². The molecule has 1 amide bonds. The fraction of sp³-hybridized carbons (Fsp3) is 0.208. The quantitative estimate of drug-likeness (QED) is 0.415. The van der Waals surface area contributed by atoms with Gasteiger partial charge in [0.15, 0.2) is 0 Å². The molecule has 0 aliphatic heterocycles. The standard InChI is InChI=1S/C24H23N3O6S/c1-4-33-17-7-5-15(6-8-17)25-21(28)14-26-20-9-10-34-22(20)23(29)27(24(26)30)16-11-18(31-2)13-19(12-16)32-3/h5-13H,4,14H2,1-3H3,(H,25,28). The van der Waals surface area contributed by atoms with E-state index in [9.17, 15) is 14.4 Å². The molecule has 0 spiro atoms. The predicted molar refractivity (Wildman–Crippen MR) is 131 cm³/mol. The number of methoxy groups -OCH3 is 2. The number of nitrogens with one attached hydrogen (secondary N) is 1. The van der Waals surface area contributed by atoms with Crippen molar-refractivity contribution in [3.05, 3.63) is 74.7 Å². The van der Waals surface area contributed by atoms with E-state index < -0.39 is 17.2 Å². The summed E-state index contributed by atoms with van der Waals surface area (Å²) in [6, 6.07) is 13.4. The van der Waals surface area contributed by atoms with Gasteiger partial charge in [0.25, 0.3) is 5.56 Å². The molecular weight excluding hydrogens is 458 g/mol. The summed E-state index contributed by atoms with van der Waals surface area (Å²) in [4.78, 5) is 39.5. The van der Waals surface area contributed by atoms with Crippen LogP contribution in [0.5, 0.6) is 17.2 Å². The number of rotatable bonds is 8. The Morgan fingerprint density at radius 3 is 2.26 bits per heavy atom. The van der Waals surface area contributed by atoms with Gasteiger partial charge in [-0.3, -0.25) is 14.2 Å². The summed E-state index contributed by atoms with van der Waals surface area (Å²) in [5.41, 5.74) is 0.116. The molecule has 0 bridgehead atoms. The first-order valence-corrected chi connectivity index (χ1v) is 11.3. The zero-order valence-corrected chi connectivity index (χ0v) is 19.7. The van der Waals surface area contributed by atoms with Gasteiger partial charge in [-0.15, -0.1) is 11.3 Å². The van der Waals surface area contributed by atoms with Crippen molar-refractivity contribution in [3.8, 4) is 22.9 Å². The second-order valence-electron chi connectivity index (χ2n) is 7.22. The number of carbonyl (C=O) groups is 1. The molecule has 0 atom stereocenters. The van der Waals surface area contributed by atoms with E-state index in [-0.39, 0.29) is 12.2 Å². The summed E-state index contributed by atoms with van der Waals surface area (Å²) in [6.07, 6.45) is 0. The van der Waals surface area contributed by atoms with Crippen LogP contribution in [0, 0.1) is 0 Å². The third-order valence-electron chi connectivity index (χ3n) is 5.10.